The molecule has 2 aliphatic rings. The fraction of sp³-hybridized carbons (Fsp3) is 0.176. The second-order valence-corrected chi connectivity index (χ2v) is 4.70. The van der Waals surface area contributed by atoms with Crippen LogP contribution in [0.4, 0.5) is 5.69 Å². The van der Waals surface area contributed by atoms with Crippen LogP contribution in [0.2, 0.25) is 0 Å². The Morgan fingerprint density at radius 3 is 2.67 bits per heavy atom. The standard InChI is InChI=1S/C17H17N/c1-14-12-13-15-8-4-2-7-11-17(15)18(14)16-9-5-3-6-10-16/h2-10H,1,11-13H2. The Bertz CT molecular complexity index is 546. The molecule has 3 rings (SSSR count). The molecule has 0 spiro atoms. The molecule has 1 aromatic carbocycles. The lowest BCUT2D eigenvalue weighted by Gasteiger charge is -2.34. The van der Waals surface area contributed by atoms with Crippen LogP contribution in [0, 0.1) is 0 Å². The molecule has 0 bridgehead atoms. The lowest BCUT2D eigenvalue weighted by Crippen LogP contribution is -2.25. The maximum absolute atomic E-state index is 4.24. The van der Waals surface area contributed by atoms with Crippen molar-refractivity contribution in [1.82, 2.24) is 0 Å². The molecule has 0 aromatic heterocycles. The maximum Gasteiger partial charge on any atom is 0.0455 e. The minimum absolute atomic E-state index is 0.982. The van der Waals surface area contributed by atoms with Crippen molar-refractivity contribution in [1.29, 1.82) is 0 Å². The second-order valence-electron chi connectivity index (χ2n) is 4.70. The zero-order valence-electron chi connectivity index (χ0n) is 10.5. The van der Waals surface area contributed by atoms with Gasteiger partial charge in [0.2, 0.25) is 0 Å². The summed E-state index contributed by atoms with van der Waals surface area (Å²) in [5.74, 6) is 0. The lowest BCUT2D eigenvalue weighted by atomic mass is 9.97. The monoisotopic (exact) mass is 235 g/mol. The topological polar surface area (TPSA) is 3.24 Å². The van der Waals surface area contributed by atoms with Gasteiger partial charge in [0, 0.05) is 23.5 Å². The first-order chi connectivity index (χ1) is 8.86. The number of nitrogens with zero attached hydrogens (tertiary/aromatic N) is 1. The smallest absolute Gasteiger partial charge is 0.0455 e. The van der Waals surface area contributed by atoms with E-state index >= 15 is 0 Å². The third-order valence-electron chi connectivity index (χ3n) is 3.51. The van der Waals surface area contributed by atoms with E-state index in [0.717, 1.165) is 19.3 Å². The molecule has 0 atom stereocenters. The predicted octanol–water partition coefficient (Wildman–Crippen LogP) is 4.57. The van der Waals surface area contributed by atoms with E-state index in [0.29, 0.717) is 0 Å². The van der Waals surface area contributed by atoms with Crippen molar-refractivity contribution in [3.63, 3.8) is 0 Å². The SMILES string of the molecule is C=C1CCC2=C(CC=CC=C2)N1c1ccccc1. The molecule has 0 saturated carbocycles. The quantitative estimate of drug-likeness (QED) is 0.689. The highest BCUT2D eigenvalue weighted by atomic mass is 15.2. The molecular weight excluding hydrogens is 218 g/mol. The molecule has 0 unspecified atom stereocenters. The number of benzene rings is 1. The van der Waals surface area contributed by atoms with Crippen molar-refractivity contribution in [3.8, 4) is 0 Å². The molecule has 1 heterocycles. The molecule has 0 amide bonds. The molecular formula is C17H17N. The van der Waals surface area contributed by atoms with Gasteiger partial charge in [0.1, 0.15) is 0 Å². The van der Waals surface area contributed by atoms with Crippen LogP contribution in [0.15, 0.2) is 78.2 Å². The van der Waals surface area contributed by atoms with Crippen LogP contribution in [0.5, 0.6) is 0 Å². The highest BCUT2D eigenvalue weighted by Gasteiger charge is 2.22. The van der Waals surface area contributed by atoms with E-state index in [9.17, 15) is 0 Å². The van der Waals surface area contributed by atoms with Crippen molar-refractivity contribution in [2.75, 3.05) is 4.90 Å². The molecule has 1 nitrogen and oxygen atoms in total. The van der Waals surface area contributed by atoms with Crippen LogP contribution >= 0.6 is 0 Å². The number of rotatable bonds is 1. The summed E-state index contributed by atoms with van der Waals surface area (Å²) in [6.45, 7) is 4.24. The summed E-state index contributed by atoms with van der Waals surface area (Å²) in [6, 6.07) is 10.5. The van der Waals surface area contributed by atoms with Gasteiger partial charge in [-0.3, -0.25) is 0 Å². The average molecular weight is 235 g/mol. The summed E-state index contributed by atoms with van der Waals surface area (Å²) >= 11 is 0. The number of anilines is 1. The summed E-state index contributed by atoms with van der Waals surface area (Å²) in [7, 11) is 0. The molecule has 18 heavy (non-hydrogen) atoms. The second kappa shape index (κ2) is 4.69. The van der Waals surface area contributed by atoms with Crippen molar-refractivity contribution in [2.45, 2.75) is 19.3 Å². The molecule has 1 aliphatic heterocycles. The third kappa shape index (κ3) is 1.92. The average Bonchev–Trinajstić information content (AvgIpc) is 2.65. The fourth-order valence-corrected chi connectivity index (χ4v) is 2.62. The predicted molar refractivity (Wildman–Crippen MR) is 77.2 cm³/mol. The van der Waals surface area contributed by atoms with Crippen LogP contribution in [0.25, 0.3) is 0 Å². The van der Waals surface area contributed by atoms with Crippen molar-refractivity contribution >= 4 is 5.69 Å². The fourth-order valence-electron chi connectivity index (χ4n) is 2.62. The largest absolute Gasteiger partial charge is 0.318 e. The normalized spacial score (nSPS) is 18.9. The van der Waals surface area contributed by atoms with Crippen LogP contribution in [0.3, 0.4) is 0 Å². The third-order valence-corrected chi connectivity index (χ3v) is 3.51. The first-order valence-electron chi connectivity index (χ1n) is 6.44. The number of allylic oxidation sites excluding steroid dienone is 6. The van der Waals surface area contributed by atoms with E-state index < -0.39 is 0 Å². The Morgan fingerprint density at radius 1 is 1.00 bits per heavy atom. The Hall–Kier alpha value is -2.02. The Labute approximate surface area is 108 Å². The molecule has 0 N–H and O–H groups in total. The first kappa shape index (κ1) is 11.1. The maximum atomic E-state index is 4.24. The highest BCUT2D eigenvalue weighted by molar-refractivity contribution is 5.61. The van der Waals surface area contributed by atoms with E-state index in [1.54, 1.807) is 0 Å². The summed E-state index contributed by atoms with van der Waals surface area (Å²) in [5, 5.41) is 0. The summed E-state index contributed by atoms with van der Waals surface area (Å²) < 4.78 is 0. The van der Waals surface area contributed by atoms with E-state index in [1.165, 1.54) is 22.7 Å². The van der Waals surface area contributed by atoms with Crippen LogP contribution in [-0.2, 0) is 0 Å². The Morgan fingerprint density at radius 2 is 1.83 bits per heavy atom. The highest BCUT2D eigenvalue weighted by Crippen LogP contribution is 2.36. The number of hydrogen-bond donors (Lipinski definition) is 0. The number of hydrogen-bond acceptors (Lipinski definition) is 1. The summed E-state index contributed by atoms with van der Waals surface area (Å²) in [5.41, 5.74) is 5.24. The molecule has 1 aromatic rings. The number of para-hydroxylation sites is 1. The zero-order chi connectivity index (χ0) is 12.4. The zero-order valence-corrected chi connectivity index (χ0v) is 10.5. The van der Waals surface area contributed by atoms with E-state index in [2.05, 4.69) is 66.1 Å². The molecule has 1 heteroatoms. The van der Waals surface area contributed by atoms with Gasteiger partial charge in [-0.1, -0.05) is 49.1 Å². The van der Waals surface area contributed by atoms with Gasteiger partial charge in [-0.05, 0) is 30.5 Å². The Kier molecular flexibility index (Phi) is 2.89. The van der Waals surface area contributed by atoms with Crippen LogP contribution in [-0.4, -0.2) is 0 Å². The van der Waals surface area contributed by atoms with E-state index in [4.69, 9.17) is 0 Å². The summed E-state index contributed by atoms with van der Waals surface area (Å²) in [6.07, 6.45) is 11.8. The van der Waals surface area contributed by atoms with Gasteiger partial charge in [-0.25, -0.2) is 0 Å². The van der Waals surface area contributed by atoms with Gasteiger partial charge in [-0.15, -0.1) is 0 Å². The van der Waals surface area contributed by atoms with Gasteiger partial charge >= 0.3 is 0 Å². The Balaban J connectivity index is 2.08. The van der Waals surface area contributed by atoms with Gasteiger partial charge in [-0.2, -0.15) is 0 Å². The molecule has 0 fully saturated rings. The lowest BCUT2D eigenvalue weighted by molar-refractivity contribution is 0.810. The molecule has 0 saturated heterocycles. The molecule has 0 radical (unpaired) electrons. The molecule has 1 aliphatic carbocycles. The van der Waals surface area contributed by atoms with Crippen molar-refractivity contribution < 1.29 is 0 Å². The van der Waals surface area contributed by atoms with Gasteiger partial charge in [0.05, 0.1) is 0 Å². The minimum atomic E-state index is 0.982. The van der Waals surface area contributed by atoms with Gasteiger partial charge in [0.25, 0.3) is 0 Å². The van der Waals surface area contributed by atoms with Crippen LogP contribution < -0.4 is 4.90 Å². The summed E-state index contributed by atoms with van der Waals surface area (Å²) in [4.78, 5) is 2.32. The van der Waals surface area contributed by atoms with E-state index in [1.807, 2.05) is 0 Å². The molecule has 90 valence electrons. The minimum Gasteiger partial charge on any atom is -0.318 e. The van der Waals surface area contributed by atoms with Crippen LogP contribution in [0.1, 0.15) is 19.3 Å². The van der Waals surface area contributed by atoms with Gasteiger partial charge < -0.3 is 4.90 Å². The van der Waals surface area contributed by atoms with Crippen molar-refractivity contribution in [3.05, 3.63) is 78.2 Å². The van der Waals surface area contributed by atoms with Gasteiger partial charge in [0.15, 0.2) is 0 Å². The van der Waals surface area contributed by atoms with Crippen molar-refractivity contribution in [2.24, 2.45) is 0 Å². The van der Waals surface area contributed by atoms with E-state index in [-0.39, 0.29) is 0 Å². The first-order valence-corrected chi connectivity index (χ1v) is 6.44.